The smallest absolute Gasteiger partial charge is 0.188 e. The molecular weight excluding hydrogens is 309 g/mol. The van der Waals surface area contributed by atoms with Crippen LogP contribution in [0.15, 0.2) is 36.4 Å². The summed E-state index contributed by atoms with van der Waals surface area (Å²) in [7, 11) is 0. The van der Waals surface area contributed by atoms with Crippen molar-refractivity contribution in [1.82, 2.24) is 19.8 Å². The number of hydrogen-bond acceptors (Lipinski definition) is 5. The molecule has 1 aliphatic carbocycles. The molecule has 0 bridgehead atoms. The Balaban J connectivity index is 1.79. The molecule has 1 N–H and O–H groups in total. The van der Waals surface area contributed by atoms with Crippen molar-refractivity contribution >= 4 is 11.5 Å². The summed E-state index contributed by atoms with van der Waals surface area (Å²) in [6.45, 7) is 0.596. The van der Waals surface area contributed by atoms with Gasteiger partial charge in [-0.2, -0.15) is 4.52 Å². The average Bonchev–Trinajstić information content (AvgIpc) is 2.96. The lowest BCUT2D eigenvalue weighted by molar-refractivity contribution is 0.282. The molecule has 2 aromatic heterocycles. The Labute approximate surface area is 138 Å². The van der Waals surface area contributed by atoms with Crippen LogP contribution in [-0.4, -0.2) is 44.1 Å². The maximum atomic E-state index is 14.1. The molecule has 124 valence electrons. The van der Waals surface area contributed by atoms with Gasteiger partial charge in [0.25, 0.3) is 0 Å². The molecule has 1 aliphatic rings. The summed E-state index contributed by atoms with van der Waals surface area (Å²) >= 11 is 0. The molecule has 1 aromatic carbocycles. The first-order valence-corrected chi connectivity index (χ1v) is 8.13. The van der Waals surface area contributed by atoms with E-state index < -0.39 is 0 Å². The molecule has 0 saturated heterocycles. The fraction of sp³-hybridized carbons (Fsp3) is 0.353. The van der Waals surface area contributed by atoms with Crippen LogP contribution in [-0.2, 0) is 0 Å². The molecular formula is C17H18FN5O. The highest BCUT2D eigenvalue weighted by molar-refractivity contribution is 5.60. The predicted octanol–water partition coefficient (Wildman–Crippen LogP) is 2.28. The molecule has 0 unspecified atom stereocenters. The van der Waals surface area contributed by atoms with Gasteiger partial charge in [-0.25, -0.2) is 4.39 Å². The van der Waals surface area contributed by atoms with Crippen LogP contribution in [0.25, 0.3) is 17.0 Å². The van der Waals surface area contributed by atoms with Crippen LogP contribution in [0.1, 0.15) is 19.3 Å². The van der Waals surface area contributed by atoms with Crippen molar-refractivity contribution in [2.24, 2.45) is 0 Å². The molecule has 1 saturated carbocycles. The van der Waals surface area contributed by atoms with Crippen molar-refractivity contribution in [1.29, 1.82) is 0 Å². The second-order valence-electron chi connectivity index (χ2n) is 5.97. The first-order chi connectivity index (χ1) is 11.8. The van der Waals surface area contributed by atoms with Crippen LogP contribution in [0.5, 0.6) is 0 Å². The molecule has 0 amide bonds. The lowest BCUT2D eigenvalue weighted by Crippen LogP contribution is -2.42. The Kier molecular flexibility index (Phi) is 3.86. The number of hydrogen-bond donors (Lipinski definition) is 1. The lowest BCUT2D eigenvalue weighted by atomic mass is 9.91. The maximum absolute atomic E-state index is 14.1. The molecule has 6 nitrogen and oxygen atoms in total. The second-order valence-corrected chi connectivity index (χ2v) is 5.97. The quantitative estimate of drug-likeness (QED) is 0.779. The largest absolute Gasteiger partial charge is 0.395 e. The fourth-order valence-corrected chi connectivity index (χ4v) is 3.03. The zero-order chi connectivity index (χ0) is 16.5. The minimum atomic E-state index is -0.356. The van der Waals surface area contributed by atoms with Gasteiger partial charge in [0.2, 0.25) is 0 Å². The zero-order valence-electron chi connectivity index (χ0n) is 13.1. The molecule has 0 radical (unpaired) electrons. The third-order valence-corrected chi connectivity index (χ3v) is 4.51. The summed E-state index contributed by atoms with van der Waals surface area (Å²) in [6.07, 6.45) is 3.39. The highest BCUT2D eigenvalue weighted by atomic mass is 19.1. The Morgan fingerprint density at radius 2 is 2.00 bits per heavy atom. The Hall–Kier alpha value is -2.54. The van der Waals surface area contributed by atoms with Gasteiger partial charge in [-0.1, -0.05) is 12.1 Å². The van der Waals surface area contributed by atoms with Gasteiger partial charge in [0.15, 0.2) is 11.5 Å². The molecule has 0 atom stereocenters. The van der Waals surface area contributed by atoms with Gasteiger partial charge in [0.05, 0.1) is 12.2 Å². The highest BCUT2D eigenvalue weighted by Crippen LogP contribution is 2.29. The summed E-state index contributed by atoms with van der Waals surface area (Å²) < 4.78 is 15.7. The van der Waals surface area contributed by atoms with Crippen LogP contribution >= 0.6 is 0 Å². The number of halogens is 1. The van der Waals surface area contributed by atoms with E-state index in [1.165, 1.54) is 12.5 Å². The Morgan fingerprint density at radius 1 is 1.17 bits per heavy atom. The van der Waals surface area contributed by atoms with Crippen LogP contribution < -0.4 is 4.90 Å². The van der Waals surface area contributed by atoms with Crippen molar-refractivity contribution < 1.29 is 9.50 Å². The van der Waals surface area contributed by atoms with E-state index >= 15 is 0 Å². The van der Waals surface area contributed by atoms with E-state index in [1.54, 1.807) is 22.7 Å². The molecule has 0 aliphatic heterocycles. The minimum absolute atomic E-state index is 0.0680. The minimum Gasteiger partial charge on any atom is -0.395 e. The molecule has 0 spiro atoms. The van der Waals surface area contributed by atoms with E-state index in [-0.39, 0.29) is 12.4 Å². The third-order valence-electron chi connectivity index (χ3n) is 4.51. The van der Waals surface area contributed by atoms with E-state index in [4.69, 9.17) is 0 Å². The van der Waals surface area contributed by atoms with E-state index in [1.807, 2.05) is 12.1 Å². The molecule has 1 fully saturated rings. The number of anilines is 1. The summed E-state index contributed by atoms with van der Waals surface area (Å²) in [4.78, 5) is 2.11. The van der Waals surface area contributed by atoms with Crippen LogP contribution in [0, 0.1) is 5.82 Å². The molecule has 7 heteroatoms. The van der Waals surface area contributed by atoms with Crippen molar-refractivity contribution in [2.45, 2.75) is 25.3 Å². The first-order valence-electron chi connectivity index (χ1n) is 8.13. The fourth-order valence-electron chi connectivity index (χ4n) is 3.03. The van der Waals surface area contributed by atoms with E-state index in [0.29, 0.717) is 29.6 Å². The van der Waals surface area contributed by atoms with Crippen molar-refractivity contribution in [3.63, 3.8) is 0 Å². The van der Waals surface area contributed by atoms with Crippen molar-refractivity contribution in [2.75, 3.05) is 18.1 Å². The van der Waals surface area contributed by atoms with Crippen molar-refractivity contribution in [3.8, 4) is 11.4 Å². The van der Waals surface area contributed by atoms with Crippen LogP contribution in [0.4, 0.5) is 10.2 Å². The number of nitrogens with zero attached hydrogens (tertiary/aromatic N) is 5. The molecule has 24 heavy (non-hydrogen) atoms. The van der Waals surface area contributed by atoms with Crippen molar-refractivity contribution in [3.05, 3.63) is 42.2 Å². The van der Waals surface area contributed by atoms with Gasteiger partial charge in [-0.15, -0.1) is 15.3 Å². The first kappa shape index (κ1) is 15.0. The van der Waals surface area contributed by atoms with Gasteiger partial charge in [0.1, 0.15) is 11.6 Å². The standard InChI is InChI=1S/C17H18FN5O/c18-14-7-2-1-6-13(14)17-20-19-15-8-9-16(21-23(15)17)22(10-11-24)12-4-3-5-12/h1-2,6-9,12,24H,3-5,10-11H2. The topological polar surface area (TPSA) is 66.5 Å². The van der Waals surface area contributed by atoms with Gasteiger partial charge in [-0.3, -0.25) is 0 Å². The number of benzene rings is 1. The summed E-state index contributed by atoms with van der Waals surface area (Å²) in [6, 6.07) is 10.6. The van der Waals surface area contributed by atoms with Crippen LogP contribution in [0.3, 0.4) is 0 Å². The SMILES string of the molecule is OCCN(c1ccc2nnc(-c3ccccc3F)n2n1)C1CCC1. The van der Waals surface area contributed by atoms with Gasteiger partial charge in [0, 0.05) is 12.6 Å². The predicted molar refractivity (Wildman–Crippen MR) is 88.2 cm³/mol. The number of aliphatic hydroxyl groups excluding tert-OH is 1. The summed E-state index contributed by atoms with van der Waals surface area (Å²) in [5.41, 5.74) is 0.932. The number of rotatable bonds is 5. The monoisotopic (exact) mass is 327 g/mol. The third kappa shape index (κ3) is 2.50. The van der Waals surface area contributed by atoms with Gasteiger partial charge in [-0.05, 0) is 43.5 Å². The van der Waals surface area contributed by atoms with Gasteiger partial charge < -0.3 is 10.0 Å². The van der Waals surface area contributed by atoms with E-state index in [0.717, 1.165) is 18.7 Å². The number of aliphatic hydroxyl groups is 1. The van der Waals surface area contributed by atoms with Crippen LogP contribution in [0.2, 0.25) is 0 Å². The van der Waals surface area contributed by atoms with E-state index in [9.17, 15) is 9.50 Å². The summed E-state index contributed by atoms with van der Waals surface area (Å²) in [5.74, 6) is 0.770. The average molecular weight is 327 g/mol. The maximum Gasteiger partial charge on any atom is 0.188 e. The highest BCUT2D eigenvalue weighted by Gasteiger charge is 2.26. The number of fused-ring (bicyclic) bond motifs is 1. The Morgan fingerprint density at radius 3 is 2.71 bits per heavy atom. The Bertz CT molecular complexity index is 861. The summed E-state index contributed by atoms with van der Waals surface area (Å²) in [5, 5.41) is 22.1. The lowest BCUT2D eigenvalue weighted by Gasteiger charge is -2.37. The molecule has 4 rings (SSSR count). The van der Waals surface area contributed by atoms with Gasteiger partial charge >= 0.3 is 0 Å². The molecule has 2 heterocycles. The zero-order valence-corrected chi connectivity index (χ0v) is 13.1. The molecule has 3 aromatic rings. The van der Waals surface area contributed by atoms with E-state index in [2.05, 4.69) is 20.2 Å². The normalized spacial score (nSPS) is 14.8. The number of aromatic nitrogens is 4. The second kappa shape index (κ2) is 6.16.